The molecule has 1 aromatic carbocycles. The van der Waals surface area contributed by atoms with E-state index >= 15 is 0 Å². The number of aliphatic imine (C=N–C) groups is 1. The van der Waals surface area contributed by atoms with Crippen LogP contribution in [0.1, 0.15) is 36.8 Å². The van der Waals surface area contributed by atoms with Crippen molar-refractivity contribution >= 4 is 34.7 Å². The zero-order valence-corrected chi connectivity index (χ0v) is 18.4. The summed E-state index contributed by atoms with van der Waals surface area (Å²) in [5, 5.41) is 14.1. The van der Waals surface area contributed by atoms with E-state index < -0.39 is 0 Å². The molecule has 0 unspecified atom stereocenters. The summed E-state index contributed by atoms with van der Waals surface area (Å²) in [4.78, 5) is 30.2. The minimum absolute atomic E-state index is 0.0262. The highest BCUT2D eigenvalue weighted by molar-refractivity contribution is 6.06. The van der Waals surface area contributed by atoms with E-state index in [2.05, 4.69) is 25.3 Å². The number of fused-ring (bicyclic) bond motifs is 2. The average Bonchev–Trinajstić information content (AvgIpc) is 3.10. The van der Waals surface area contributed by atoms with Crippen LogP contribution in [0.2, 0.25) is 0 Å². The highest BCUT2D eigenvalue weighted by atomic mass is 16.5. The van der Waals surface area contributed by atoms with Gasteiger partial charge in [0.05, 0.1) is 23.2 Å². The molecule has 2 aromatic heterocycles. The first kappa shape index (κ1) is 21.6. The van der Waals surface area contributed by atoms with E-state index in [-0.39, 0.29) is 11.8 Å². The summed E-state index contributed by atoms with van der Waals surface area (Å²) >= 11 is 0. The highest BCUT2D eigenvalue weighted by Crippen LogP contribution is 2.32. The van der Waals surface area contributed by atoms with Crippen molar-refractivity contribution < 1.29 is 14.6 Å². The molecule has 3 N–H and O–H groups in total. The maximum Gasteiger partial charge on any atom is 0.220 e. The predicted molar refractivity (Wildman–Crippen MR) is 124 cm³/mol. The minimum Gasteiger partial charge on any atom is -0.494 e. The first-order chi connectivity index (χ1) is 15.5. The van der Waals surface area contributed by atoms with Gasteiger partial charge in [0.15, 0.2) is 5.88 Å². The number of aryl methyl sites for hydroxylation is 1. The van der Waals surface area contributed by atoms with Gasteiger partial charge in [0.1, 0.15) is 23.5 Å². The second kappa shape index (κ2) is 9.67. The van der Waals surface area contributed by atoms with Crippen LogP contribution in [0.5, 0.6) is 11.6 Å². The lowest BCUT2D eigenvalue weighted by Gasteiger charge is -2.19. The van der Waals surface area contributed by atoms with Gasteiger partial charge < -0.3 is 25.0 Å². The molecule has 2 bridgehead atoms. The molecule has 32 heavy (non-hydrogen) atoms. The first-order valence-corrected chi connectivity index (χ1v) is 10.8. The molecule has 3 aromatic rings. The summed E-state index contributed by atoms with van der Waals surface area (Å²) in [6.45, 7) is 3.64. The Labute approximate surface area is 186 Å². The van der Waals surface area contributed by atoms with Gasteiger partial charge in [-0.2, -0.15) is 0 Å². The number of benzene rings is 1. The van der Waals surface area contributed by atoms with Crippen molar-refractivity contribution in [2.75, 3.05) is 31.6 Å². The Balaban J connectivity index is 1.72. The number of H-pyrrole nitrogens is 1. The van der Waals surface area contributed by atoms with Crippen LogP contribution in [-0.2, 0) is 4.79 Å². The molecule has 9 heteroatoms. The molecule has 0 saturated carbocycles. The van der Waals surface area contributed by atoms with E-state index in [4.69, 9.17) is 4.74 Å². The van der Waals surface area contributed by atoms with Crippen LogP contribution < -0.4 is 15.0 Å². The molecule has 168 valence electrons. The largest absolute Gasteiger partial charge is 0.494 e. The molecule has 0 atom stereocenters. The van der Waals surface area contributed by atoms with E-state index in [1.54, 1.807) is 6.21 Å². The second-order valence-corrected chi connectivity index (χ2v) is 7.95. The summed E-state index contributed by atoms with van der Waals surface area (Å²) < 4.78 is 5.95. The third-order valence-corrected chi connectivity index (χ3v) is 5.54. The molecule has 1 amide bonds. The Morgan fingerprint density at radius 2 is 2.06 bits per heavy atom. The van der Waals surface area contributed by atoms with Crippen molar-refractivity contribution in [3.05, 3.63) is 35.7 Å². The number of aromatic amines is 1. The number of carbonyl (C=O) groups is 1. The maximum absolute atomic E-state index is 12.1. The van der Waals surface area contributed by atoms with Gasteiger partial charge in [-0.15, -0.1) is 0 Å². The number of hydrogen-bond donors (Lipinski definition) is 3. The van der Waals surface area contributed by atoms with Gasteiger partial charge in [0.2, 0.25) is 5.91 Å². The third kappa shape index (κ3) is 4.82. The number of anilines is 1. The molecule has 9 nitrogen and oxygen atoms in total. The minimum atomic E-state index is -0.0262. The van der Waals surface area contributed by atoms with Crippen molar-refractivity contribution in [2.24, 2.45) is 4.99 Å². The van der Waals surface area contributed by atoms with Crippen LogP contribution in [0.25, 0.3) is 11.0 Å². The fourth-order valence-corrected chi connectivity index (χ4v) is 3.70. The average molecular weight is 437 g/mol. The molecule has 0 spiro atoms. The van der Waals surface area contributed by atoms with E-state index in [9.17, 15) is 9.90 Å². The molecular formula is C23H28N6O3. The summed E-state index contributed by atoms with van der Waals surface area (Å²) in [6, 6.07) is 5.77. The van der Waals surface area contributed by atoms with Gasteiger partial charge in [0.25, 0.3) is 0 Å². The Bertz CT molecular complexity index is 1140. The van der Waals surface area contributed by atoms with Crippen molar-refractivity contribution in [3.63, 3.8) is 0 Å². The number of carbonyl (C=O) groups excluding carboxylic acids is 1. The summed E-state index contributed by atoms with van der Waals surface area (Å²) in [5.41, 5.74) is 2.77. The van der Waals surface area contributed by atoms with E-state index in [1.807, 2.05) is 37.1 Å². The normalized spacial score (nSPS) is 16.1. The quantitative estimate of drug-likeness (QED) is 0.498. The molecule has 0 radical (unpaired) electrons. The van der Waals surface area contributed by atoms with Gasteiger partial charge in [0, 0.05) is 38.8 Å². The monoisotopic (exact) mass is 436 g/mol. The lowest BCUT2D eigenvalue weighted by molar-refractivity contribution is -0.121. The third-order valence-electron chi connectivity index (χ3n) is 5.54. The molecule has 1 aliphatic heterocycles. The van der Waals surface area contributed by atoms with Gasteiger partial charge >= 0.3 is 0 Å². The topological polar surface area (TPSA) is 116 Å². The van der Waals surface area contributed by atoms with Crippen molar-refractivity contribution in [1.82, 2.24) is 20.3 Å². The molecule has 0 aliphatic carbocycles. The standard InChI is InChI=1S/C23H28N6O3/c1-15-7-8-16-12-18(15)32-11-5-3-4-6-19(30)24-9-10-29(2)22-20-17(13-25-16)23(31)28-21(20)26-14-27-22/h7-8,12-14,31H,3-6,9-11H2,1-2H3,(H,24,30)(H,26,27,28). The summed E-state index contributed by atoms with van der Waals surface area (Å²) in [7, 11) is 1.89. The van der Waals surface area contributed by atoms with E-state index in [0.717, 1.165) is 36.3 Å². The number of ether oxygens (including phenoxy) is 1. The lowest BCUT2D eigenvalue weighted by atomic mass is 10.2. The number of amides is 1. The molecule has 4 rings (SSSR count). The molecule has 0 fully saturated rings. The summed E-state index contributed by atoms with van der Waals surface area (Å²) in [6.07, 6.45) is 6.19. The zero-order valence-electron chi connectivity index (χ0n) is 18.4. The summed E-state index contributed by atoms with van der Waals surface area (Å²) in [5.74, 6) is 1.44. The highest BCUT2D eigenvalue weighted by Gasteiger charge is 2.18. The molecule has 3 heterocycles. The Kier molecular flexibility index (Phi) is 6.53. The SMILES string of the molecule is Cc1ccc2cc1OCCCCCC(=O)NCCN(C)c1ncnc3[nH]c(O)c(c13)C=N2. The Morgan fingerprint density at radius 3 is 2.94 bits per heavy atom. The van der Waals surface area contributed by atoms with E-state index in [1.165, 1.54) is 6.33 Å². The molecule has 0 saturated heterocycles. The fourth-order valence-electron chi connectivity index (χ4n) is 3.70. The van der Waals surface area contributed by atoms with Gasteiger partial charge in [-0.3, -0.25) is 9.79 Å². The Morgan fingerprint density at radius 1 is 1.19 bits per heavy atom. The van der Waals surface area contributed by atoms with Crippen LogP contribution in [0, 0.1) is 6.92 Å². The van der Waals surface area contributed by atoms with Crippen LogP contribution in [-0.4, -0.2) is 58.9 Å². The second-order valence-electron chi connectivity index (χ2n) is 7.95. The lowest BCUT2D eigenvalue weighted by Crippen LogP contribution is -2.33. The number of aromatic nitrogens is 3. The smallest absolute Gasteiger partial charge is 0.220 e. The number of nitrogens with zero attached hydrogens (tertiary/aromatic N) is 4. The zero-order chi connectivity index (χ0) is 22.5. The maximum atomic E-state index is 12.1. The van der Waals surface area contributed by atoms with Crippen LogP contribution in [0.4, 0.5) is 11.5 Å². The Hall–Kier alpha value is -3.62. The van der Waals surface area contributed by atoms with Crippen molar-refractivity contribution in [1.29, 1.82) is 0 Å². The van der Waals surface area contributed by atoms with Crippen LogP contribution in [0.3, 0.4) is 0 Å². The number of aromatic hydroxyl groups is 1. The van der Waals surface area contributed by atoms with Gasteiger partial charge in [-0.1, -0.05) is 6.07 Å². The van der Waals surface area contributed by atoms with Gasteiger partial charge in [-0.25, -0.2) is 9.97 Å². The molecule has 1 aliphatic rings. The number of rotatable bonds is 0. The van der Waals surface area contributed by atoms with Gasteiger partial charge in [-0.05, 0) is 37.8 Å². The fraction of sp³-hybridized carbons (Fsp3) is 0.391. The van der Waals surface area contributed by atoms with Crippen molar-refractivity contribution in [3.8, 4) is 11.6 Å². The van der Waals surface area contributed by atoms with E-state index in [0.29, 0.717) is 48.5 Å². The van der Waals surface area contributed by atoms with Crippen LogP contribution in [0.15, 0.2) is 29.5 Å². The number of hydrogen-bond acceptors (Lipinski definition) is 7. The first-order valence-electron chi connectivity index (χ1n) is 10.8. The predicted octanol–water partition coefficient (Wildman–Crippen LogP) is 3.23. The molecular weight excluding hydrogens is 408 g/mol. The number of likely N-dealkylation sites (N-methyl/N-ethyl adjacent to an activating group) is 1. The van der Waals surface area contributed by atoms with Crippen molar-refractivity contribution in [2.45, 2.75) is 32.6 Å². The van der Waals surface area contributed by atoms with Crippen LogP contribution >= 0.6 is 0 Å². The number of nitrogens with one attached hydrogen (secondary N) is 2.